The van der Waals surface area contributed by atoms with Crippen LogP contribution >= 0.6 is 23.2 Å². The van der Waals surface area contributed by atoms with Crippen molar-refractivity contribution in [1.82, 2.24) is 29.4 Å². The minimum absolute atomic E-state index is 0.462. The predicted molar refractivity (Wildman–Crippen MR) is 122 cm³/mol. The van der Waals surface area contributed by atoms with Gasteiger partial charge in [-0.15, -0.1) is 5.10 Å². The smallest absolute Gasteiger partial charge is 0.170 e. The maximum absolute atomic E-state index is 6.18. The van der Waals surface area contributed by atoms with E-state index in [0.29, 0.717) is 27.8 Å². The van der Waals surface area contributed by atoms with Crippen molar-refractivity contribution in [2.45, 2.75) is 6.42 Å². The van der Waals surface area contributed by atoms with Gasteiger partial charge in [0.25, 0.3) is 0 Å². The van der Waals surface area contributed by atoms with Gasteiger partial charge in [0.2, 0.25) is 0 Å². The van der Waals surface area contributed by atoms with E-state index < -0.39 is 0 Å². The Hall–Kier alpha value is -3.48. The fourth-order valence-electron chi connectivity index (χ4n) is 3.86. The molecule has 0 radical (unpaired) electrons. The zero-order valence-corrected chi connectivity index (χ0v) is 17.6. The summed E-state index contributed by atoms with van der Waals surface area (Å²) in [4.78, 5) is 9.35. The van der Waals surface area contributed by atoms with E-state index in [4.69, 9.17) is 28.2 Å². The normalized spacial score (nSPS) is 11.7. The third-order valence-electron chi connectivity index (χ3n) is 5.33. The molecule has 150 valence electrons. The molecule has 0 aliphatic heterocycles. The zero-order valence-electron chi connectivity index (χ0n) is 16.1. The number of fused-ring (bicyclic) bond motifs is 4. The van der Waals surface area contributed by atoms with Crippen LogP contribution in [0.25, 0.3) is 33.1 Å². The molecule has 31 heavy (non-hydrogen) atoms. The molecule has 0 spiro atoms. The number of benzene rings is 3. The molecule has 0 bridgehead atoms. The van der Waals surface area contributed by atoms with E-state index in [9.17, 15) is 0 Å². The monoisotopic (exact) mass is 444 g/mol. The molecule has 3 heterocycles. The van der Waals surface area contributed by atoms with Gasteiger partial charge in [0.1, 0.15) is 6.33 Å². The van der Waals surface area contributed by atoms with Crippen molar-refractivity contribution in [2.24, 2.45) is 0 Å². The van der Waals surface area contributed by atoms with E-state index in [1.54, 1.807) is 33.9 Å². The lowest BCUT2D eigenvalue weighted by Gasteiger charge is -2.04. The van der Waals surface area contributed by atoms with Gasteiger partial charge < -0.3 is 0 Å². The van der Waals surface area contributed by atoms with Crippen LogP contribution in [0.15, 0.2) is 73.2 Å². The second-order valence-electron chi connectivity index (χ2n) is 7.25. The van der Waals surface area contributed by atoms with Crippen LogP contribution in [0.1, 0.15) is 11.4 Å². The first-order valence-electron chi connectivity index (χ1n) is 9.67. The first-order valence-corrected chi connectivity index (χ1v) is 10.4. The van der Waals surface area contributed by atoms with Crippen LogP contribution in [-0.2, 0) is 6.42 Å². The largest absolute Gasteiger partial charge is 0.216 e. The molecular weight excluding hydrogens is 431 g/mol. The van der Waals surface area contributed by atoms with Crippen LogP contribution in [-0.4, -0.2) is 29.4 Å². The number of rotatable bonds is 3. The van der Waals surface area contributed by atoms with Gasteiger partial charge in [0, 0.05) is 6.42 Å². The third kappa shape index (κ3) is 3.03. The van der Waals surface area contributed by atoms with Crippen molar-refractivity contribution in [3.05, 3.63) is 94.6 Å². The summed E-state index contributed by atoms with van der Waals surface area (Å²) in [7, 11) is 0. The van der Waals surface area contributed by atoms with E-state index in [2.05, 4.69) is 45.5 Å². The summed E-state index contributed by atoms with van der Waals surface area (Å²) in [5.74, 6) is 0.730. The molecular formula is C23H14Cl2N6. The van der Waals surface area contributed by atoms with Crippen molar-refractivity contribution >= 4 is 50.7 Å². The first kappa shape index (κ1) is 18.3. The lowest BCUT2D eigenvalue weighted by atomic mass is 10.0. The average Bonchev–Trinajstić information content (AvgIpc) is 3.39. The molecule has 0 saturated carbocycles. The Morgan fingerprint density at radius 3 is 2.61 bits per heavy atom. The van der Waals surface area contributed by atoms with E-state index in [1.807, 2.05) is 18.2 Å². The zero-order chi connectivity index (χ0) is 20.9. The van der Waals surface area contributed by atoms with Crippen LogP contribution in [0.5, 0.6) is 0 Å². The van der Waals surface area contributed by atoms with Crippen molar-refractivity contribution in [3.63, 3.8) is 0 Å². The predicted octanol–water partition coefficient (Wildman–Crippen LogP) is 5.51. The van der Waals surface area contributed by atoms with Gasteiger partial charge >= 0.3 is 0 Å². The minimum Gasteiger partial charge on any atom is -0.216 e. The van der Waals surface area contributed by atoms with E-state index >= 15 is 0 Å². The van der Waals surface area contributed by atoms with Crippen LogP contribution in [0, 0.1) is 0 Å². The average molecular weight is 445 g/mol. The SMILES string of the molecule is Clc1ccc(-n2ncc3c2ncn2nc(Cc4cccc5ccccc45)nc32)cc1Cl. The standard InChI is InChI=1S/C23H14Cl2N6/c24-19-9-8-16(11-20(19)25)31-22-18(12-27-31)23-28-21(29-30(23)13-26-22)10-15-6-3-5-14-4-1-2-7-17(14)15/h1-9,11-13H,10H2. The third-order valence-corrected chi connectivity index (χ3v) is 6.06. The number of hydrogen-bond donors (Lipinski definition) is 0. The Morgan fingerprint density at radius 1 is 0.839 bits per heavy atom. The lowest BCUT2D eigenvalue weighted by molar-refractivity contribution is 0.866. The molecule has 3 aromatic carbocycles. The fraction of sp³-hybridized carbons (Fsp3) is 0.0435. The Kier molecular flexibility index (Phi) is 4.16. The summed E-state index contributed by atoms with van der Waals surface area (Å²) >= 11 is 12.2. The molecule has 0 atom stereocenters. The van der Waals surface area contributed by atoms with Crippen molar-refractivity contribution in [2.75, 3.05) is 0 Å². The topological polar surface area (TPSA) is 60.9 Å². The van der Waals surface area contributed by atoms with Crippen molar-refractivity contribution in [1.29, 1.82) is 0 Å². The van der Waals surface area contributed by atoms with E-state index in [-0.39, 0.29) is 0 Å². The van der Waals surface area contributed by atoms with Crippen LogP contribution in [0.4, 0.5) is 0 Å². The van der Waals surface area contributed by atoms with Gasteiger partial charge in [-0.05, 0) is 34.5 Å². The second-order valence-corrected chi connectivity index (χ2v) is 8.06. The molecule has 3 aromatic heterocycles. The van der Waals surface area contributed by atoms with Crippen molar-refractivity contribution in [3.8, 4) is 5.69 Å². The van der Waals surface area contributed by atoms with Crippen LogP contribution < -0.4 is 0 Å². The summed E-state index contributed by atoms with van der Waals surface area (Å²) in [5, 5.41) is 13.3. The summed E-state index contributed by atoms with van der Waals surface area (Å²) < 4.78 is 3.42. The molecule has 0 N–H and O–H groups in total. The molecule has 0 aliphatic carbocycles. The van der Waals surface area contributed by atoms with Crippen molar-refractivity contribution < 1.29 is 0 Å². The summed E-state index contributed by atoms with van der Waals surface area (Å²) in [6.45, 7) is 0. The molecule has 6 aromatic rings. The molecule has 0 aliphatic rings. The van der Waals surface area contributed by atoms with Gasteiger partial charge in [0.15, 0.2) is 17.1 Å². The quantitative estimate of drug-likeness (QED) is 0.360. The van der Waals surface area contributed by atoms with Gasteiger partial charge in [-0.25, -0.2) is 19.2 Å². The maximum Gasteiger partial charge on any atom is 0.170 e. The Bertz CT molecular complexity index is 1600. The first-order chi connectivity index (χ1) is 15.2. The lowest BCUT2D eigenvalue weighted by Crippen LogP contribution is -1.99. The highest BCUT2D eigenvalue weighted by Gasteiger charge is 2.15. The molecule has 0 saturated heterocycles. The van der Waals surface area contributed by atoms with Gasteiger partial charge in [-0.1, -0.05) is 65.7 Å². The molecule has 8 heteroatoms. The molecule has 0 unspecified atom stereocenters. The van der Waals surface area contributed by atoms with Crippen LogP contribution in [0.2, 0.25) is 10.0 Å². The molecule has 0 amide bonds. The highest BCUT2D eigenvalue weighted by molar-refractivity contribution is 6.42. The van der Waals surface area contributed by atoms with Gasteiger partial charge in [-0.2, -0.15) is 5.10 Å². The Balaban J connectivity index is 1.45. The number of hydrogen-bond acceptors (Lipinski definition) is 4. The summed E-state index contributed by atoms with van der Waals surface area (Å²) in [5.41, 5.74) is 3.35. The Labute approximate surface area is 186 Å². The molecule has 6 nitrogen and oxygen atoms in total. The van der Waals surface area contributed by atoms with E-state index in [0.717, 1.165) is 16.9 Å². The second kappa shape index (κ2) is 7.04. The summed E-state index contributed by atoms with van der Waals surface area (Å²) in [6, 6.07) is 20.0. The highest BCUT2D eigenvalue weighted by atomic mass is 35.5. The molecule has 6 rings (SSSR count). The fourth-order valence-corrected chi connectivity index (χ4v) is 4.15. The maximum atomic E-state index is 6.18. The Morgan fingerprint density at radius 2 is 1.71 bits per heavy atom. The number of nitrogens with zero attached hydrogens (tertiary/aromatic N) is 6. The van der Waals surface area contributed by atoms with E-state index in [1.165, 1.54) is 16.3 Å². The number of halogens is 2. The highest BCUT2D eigenvalue weighted by Crippen LogP contribution is 2.27. The minimum atomic E-state index is 0.462. The van der Waals surface area contributed by atoms with Gasteiger partial charge in [0.05, 0.1) is 27.3 Å². The molecule has 0 fully saturated rings. The summed E-state index contributed by atoms with van der Waals surface area (Å²) in [6.07, 6.45) is 4.04. The number of aromatic nitrogens is 6. The van der Waals surface area contributed by atoms with Gasteiger partial charge in [-0.3, -0.25) is 0 Å². The van der Waals surface area contributed by atoms with Crippen LogP contribution in [0.3, 0.4) is 0 Å².